The van der Waals surface area contributed by atoms with E-state index in [0.29, 0.717) is 30.2 Å². The van der Waals surface area contributed by atoms with E-state index in [-0.39, 0.29) is 29.0 Å². The number of carbonyl (C=O) groups excluding carboxylic acids is 2. The van der Waals surface area contributed by atoms with Gasteiger partial charge in [-0.15, -0.1) is 0 Å². The van der Waals surface area contributed by atoms with Gasteiger partial charge in [-0.2, -0.15) is 0 Å². The lowest BCUT2D eigenvalue weighted by atomic mass is 10.1. The average molecular weight is 658 g/mol. The van der Waals surface area contributed by atoms with Gasteiger partial charge in [-0.3, -0.25) is 13.9 Å². The molecule has 4 aromatic carbocycles. The van der Waals surface area contributed by atoms with Crippen molar-refractivity contribution in [1.82, 2.24) is 10.2 Å². The summed E-state index contributed by atoms with van der Waals surface area (Å²) in [4.78, 5) is 29.3. The van der Waals surface area contributed by atoms with E-state index >= 15 is 0 Å². The number of hydrogen-bond acceptors (Lipinski definition) is 6. The van der Waals surface area contributed by atoms with Crippen molar-refractivity contribution in [1.29, 1.82) is 0 Å². The van der Waals surface area contributed by atoms with Crippen LogP contribution in [0.3, 0.4) is 0 Å². The van der Waals surface area contributed by atoms with Crippen LogP contribution in [-0.4, -0.2) is 51.4 Å². The van der Waals surface area contributed by atoms with Gasteiger partial charge in [0.15, 0.2) is 0 Å². The van der Waals surface area contributed by atoms with Crippen molar-refractivity contribution in [2.45, 2.75) is 51.6 Å². The Bertz CT molecular complexity index is 1710. The van der Waals surface area contributed by atoms with Crippen molar-refractivity contribution in [3.8, 4) is 17.2 Å². The molecule has 0 aliphatic heterocycles. The number of nitrogens with zero attached hydrogens (tertiary/aromatic N) is 2. The van der Waals surface area contributed by atoms with Crippen LogP contribution in [0.25, 0.3) is 0 Å². The first-order valence-corrected chi connectivity index (χ1v) is 17.1. The molecule has 10 heteroatoms. The van der Waals surface area contributed by atoms with E-state index in [1.807, 2.05) is 70.2 Å². The molecule has 0 aliphatic carbocycles. The lowest BCUT2D eigenvalue weighted by Gasteiger charge is -2.33. The van der Waals surface area contributed by atoms with E-state index in [9.17, 15) is 18.0 Å². The molecule has 0 fully saturated rings. The van der Waals surface area contributed by atoms with Crippen LogP contribution in [0.15, 0.2) is 108 Å². The molecule has 0 aliphatic rings. The smallest absolute Gasteiger partial charge is 0.264 e. The molecule has 0 bridgehead atoms. The molecule has 0 spiro atoms. The molecular weight excluding hydrogens is 614 g/mol. The minimum atomic E-state index is -4.20. The molecule has 248 valence electrons. The highest BCUT2D eigenvalue weighted by Crippen LogP contribution is 2.29. The predicted octanol–water partition coefficient (Wildman–Crippen LogP) is 6.57. The van der Waals surface area contributed by atoms with Crippen molar-refractivity contribution in [3.05, 3.63) is 114 Å². The highest BCUT2D eigenvalue weighted by atomic mass is 32.2. The number of para-hydroxylation sites is 1. The third kappa shape index (κ3) is 9.36. The Labute approximate surface area is 278 Å². The van der Waals surface area contributed by atoms with E-state index < -0.39 is 28.5 Å². The second kappa shape index (κ2) is 16.1. The summed E-state index contributed by atoms with van der Waals surface area (Å²) in [7, 11) is -2.63. The molecular formula is C37H43N3O6S. The number of rotatable bonds is 15. The summed E-state index contributed by atoms with van der Waals surface area (Å²) >= 11 is 0. The third-order valence-corrected chi connectivity index (χ3v) is 9.36. The van der Waals surface area contributed by atoms with Crippen molar-refractivity contribution in [2.75, 3.05) is 24.5 Å². The Kier molecular flexibility index (Phi) is 12.0. The first kappa shape index (κ1) is 35.0. The van der Waals surface area contributed by atoms with Crippen molar-refractivity contribution < 1.29 is 27.5 Å². The number of sulfonamides is 1. The molecule has 4 rings (SSSR count). The second-order valence-electron chi connectivity index (χ2n) is 11.7. The van der Waals surface area contributed by atoms with Gasteiger partial charge in [0.1, 0.15) is 29.8 Å². The van der Waals surface area contributed by atoms with Crippen molar-refractivity contribution in [3.63, 3.8) is 0 Å². The number of aryl methyl sites for hydroxylation is 1. The first-order valence-electron chi connectivity index (χ1n) is 15.6. The van der Waals surface area contributed by atoms with E-state index in [1.165, 1.54) is 17.0 Å². The molecule has 4 aromatic rings. The van der Waals surface area contributed by atoms with Crippen LogP contribution in [0.1, 0.15) is 38.3 Å². The number of nitrogens with one attached hydrogen (secondary N) is 1. The number of methoxy groups -OCH3 is 1. The van der Waals surface area contributed by atoms with Gasteiger partial charge in [0, 0.05) is 13.1 Å². The summed E-state index contributed by atoms with van der Waals surface area (Å²) in [5, 5.41) is 2.95. The van der Waals surface area contributed by atoms with Crippen LogP contribution in [0.4, 0.5) is 5.69 Å². The lowest BCUT2D eigenvalue weighted by molar-refractivity contribution is -0.140. The fourth-order valence-corrected chi connectivity index (χ4v) is 6.36. The molecule has 1 N–H and O–H groups in total. The first-order chi connectivity index (χ1) is 22.5. The molecule has 0 saturated carbocycles. The van der Waals surface area contributed by atoms with Crippen LogP contribution in [0.2, 0.25) is 0 Å². The minimum absolute atomic E-state index is 0.0453. The Morgan fingerprint density at radius 1 is 0.809 bits per heavy atom. The van der Waals surface area contributed by atoms with Gasteiger partial charge in [0.05, 0.1) is 17.7 Å². The number of amides is 2. The average Bonchev–Trinajstić information content (AvgIpc) is 3.07. The Morgan fingerprint density at radius 2 is 1.40 bits per heavy atom. The quantitative estimate of drug-likeness (QED) is 0.155. The maximum absolute atomic E-state index is 14.3. The highest BCUT2D eigenvalue weighted by molar-refractivity contribution is 7.92. The topological polar surface area (TPSA) is 105 Å². The largest absolute Gasteiger partial charge is 0.497 e. The summed E-state index contributed by atoms with van der Waals surface area (Å²) in [5.74, 6) is 1.20. The monoisotopic (exact) mass is 657 g/mol. The fourth-order valence-electron chi connectivity index (χ4n) is 4.94. The van der Waals surface area contributed by atoms with Gasteiger partial charge in [-0.05, 0) is 85.5 Å². The molecule has 0 aromatic heterocycles. The van der Waals surface area contributed by atoms with E-state index in [4.69, 9.17) is 9.47 Å². The molecule has 0 unspecified atom stereocenters. The van der Waals surface area contributed by atoms with Gasteiger partial charge in [-0.1, -0.05) is 68.8 Å². The van der Waals surface area contributed by atoms with Crippen LogP contribution in [0, 0.1) is 12.8 Å². The molecule has 1 atom stereocenters. The zero-order chi connectivity index (χ0) is 34.0. The molecule has 0 saturated heterocycles. The van der Waals surface area contributed by atoms with Gasteiger partial charge < -0.3 is 19.7 Å². The normalized spacial score (nSPS) is 11.9. The number of carbonyl (C=O) groups is 2. The molecule has 0 radical (unpaired) electrons. The van der Waals surface area contributed by atoms with Gasteiger partial charge in [0.25, 0.3) is 10.0 Å². The van der Waals surface area contributed by atoms with Gasteiger partial charge >= 0.3 is 0 Å². The van der Waals surface area contributed by atoms with E-state index in [2.05, 4.69) is 5.32 Å². The summed E-state index contributed by atoms with van der Waals surface area (Å²) in [5.41, 5.74) is 1.95. The molecule has 0 heterocycles. The zero-order valence-electron chi connectivity index (χ0n) is 27.6. The van der Waals surface area contributed by atoms with Gasteiger partial charge in [-0.25, -0.2) is 8.42 Å². The van der Waals surface area contributed by atoms with Crippen LogP contribution in [0.5, 0.6) is 17.2 Å². The van der Waals surface area contributed by atoms with Crippen molar-refractivity contribution >= 4 is 27.5 Å². The number of ether oxygens (including phenoxy) is 2. The fraction of sp³-hybridized carbons (Fsp3) is 0.297. The minimum Gasteiger partial charge on any atom is -0.497 e. The van der Waals surface area contributed by atoms with Crippen LogP contribution < -0.4 is 19.1 Å². The molecule has 47 heavy (non-hydrogen) atoms. The summed E-state index contributed by atoms with van der Waals surface area (Å²) < 4.78 is 40.7. The number of hydrogen-bond donors (Lipinski definition) is 1. The second-order valence-corrected chi connectivity index (χ2v) is 13.5. The summed E-state index contributed by atoms with van der Waals surface area (Å²) in [6.07, 6.45) is 0.335. The predicted molar refractivity (Wildman–Crippen MR) is 184 cm³/mol. The van der Waals surface area contributed by atoms with Crippen LogP contribution in [-0.2, 0) is 26.2 Å². The zero-order valence-corrected chi connectivity index (χ0v) is 28.4. The molecule has 9 nitrogen and oxygen atoms in total. The Hall–Kier alpha value is -4.83. The van der Waals surface area contributed by atoms with Crippen LogP contribution >= 0.6 is 0 Å². The highest BCUT2D eigenvalue weighted by Gasteiger charge is 2.33. The molecule has 2 amide bonds. The standard InChI is InChI=1S/C37H43N3O6S/c1-6-35(37(42)38-24-27(2)3)39(25-29-14-18-31(45-5)19-15-29)36(41)26-40(47(43,44)34-22-12-28(4)13-23-34)30-16-20-33(21-17-30)46-32-10-8-7-9-11-32/h7-23,27,35H,6,24-26H2,1-5H3,(H,38,42)/t35-/m1/s1. The van der Waals surface area contributed by atoms with E-state index in [1.54, 1.807) is 55.6 Å². The maximum atomic E-state index is 14.3. The number of benzene rings is 4. The van der Waals surface area contributed by atoms with E-state index in [0.717, 1.165) is 15.4 Å². The number of anilines is 1. The Morgan fingerprint density at radius 3 is 1.98 bits per heavy atom. The summed E-state index contributed by atoms with van der Waals surface area (Å²) in [6, 6.07) is 28.6. The summed E-state index contributed by atoms with van der Waals surface area (Å²) in [6.45, 7) is 7.70. The van der Waals surface area contributed by atoms with Gasteiger partial charge in [0.2, 0.25) is 11.8 Å². The third-order valence-electron chi connectivity index (χ3n) is 7.57. The SMILES string of the molecule is CC[C@H](C(=O)NCC(C)C)N(Cc1ccc(OC)cc1)C(=O)CN(c1ccc(Oc2ccccc2)cc1)S(=O)(=O)c1ccc(C)cc1. The Balaban J connectivity index is 1.71. The lowest BCUT2D eigenvalue weighted by Crippen LogP contribution is -2.52. The maximum Gasteiger partial charge on any atom is 0.264 e. The van der Waals surface area contributed by atoms with Crippen molar-refractivity contribution in [2.24, 2.45) is 5.92 Å².